The molecule has 3 nitrogen and oxygen atoms in total. The van der Waals surface area contributed by atoms with E-state index in [0.717, 1.165) is 0 Å². The van der Waals surface area contributed by atoms with Gasteiger partial charge < -0.3 is 9.47 Å². The van der Waals surface area contributed by atoms with Gasteiger partial charge in [-0.2, -0.15) is 0 Å². The fourth-order valence-corrected chi connectivity index (χ4v) is 2.43. The zero-order chi connectivity index (χ0) is 15.4. The van der Waals surface area contributed by atoms with Gasteiger partial charge in [-0.15, -0.1) is 0 Å². The second-order valence-electron chi connectivity index (χ2n) is 4.18. The van der Waals surface area contributed by atoms with Crippen LogP contribution in [0.25, 0.3) is 11.1 Å². The molecule has 1 aromatic carbocycles. The number of pyridine rings is 1. The van der Waals surface area contributed by atoms with Gasteiger partial charge in [0, 0.05) is 22.4 Å². The molecular formula is C15H14BrF2NO2. The summed E-state index contributed by atoms with van der Waals surface area (Å²) >= 11 is 3.29. The zero-order valence-corrected chi connectivity index (χ0v) is 13.2. The van der Waals surface area contributed by atoms with Crippen molar-refractivity contribution in [2.24, 2.45) is 0 Å². The molecule has 21 heavy (non-hydrogen) atoms. The first kappa shape index (κ1) is 15.7. The van der Waals surface area contributed by atoms with Crippen LogP contribution in [-0.2, 0) is 0 Å². The molecular weight excluding hydrogens is 344 g/mol. The zero-order valence-electron chi connectivity index (χ0n) is 11.6. The summed E-state index contributed by atoms with van der Waals surface area (Å²) in [5, 5.41) is 0. The Bertz CT molecular complexity index is 635. The molecule has 1 aromatic heterocycles. The molecule has 0 bridgehead atoms. The van der Waals surface area contributed by atoms with Gasteiger partial charge in [0.15, 0.2) is 11.5 Å². The van der Waals surface area contributed by atoms with E-state index in [-0.39, 0.29) is 17.9 Å². The molecule has 0 aliphatic carbocycles. The Morgan fingerprint density at radius 2 is 2.05 bits per heavy atom. The molecule has 0 fully saturated rings. The lowest BCUT2D eigenvalue weighted by molar-refractivity contribution is 0.145. The average molecular weight is 358 g/mol. The van der Waals surface area contributed by atoms with Crippen LogP contribution < -0.4 is 9.47 Å². The van der Waals surface area contributed by atoms with E-state index in [4.69, 9.17) is 9.47 Å². The molecule has 0 aliphatic heterocycles. The number of benzene rings is 1. The van der Waals surface area contributed by atoms with Gasteiger partial charge in [-0.3, -0.25) is 4.98 Å². The third kappa shape index (κ3) is 3.32. The van der Waals surface area contributed by atoms with Gasteiger partial charge in [-0.1, -0.05) is 0 Å². The Morgan fingerprint density at radius 3 is 2.62 bits per heavy atom. The molecule has 6 heteroatoms. The van der Waals surface area contributed by atoms with Gasteiger partial charge in [0.1, 0.15) is 0 Å². The third-order valence-corrected chi connectivity index (χ3v) is 3.34. The van der Waals surface area contributed by atoms with Crippen molar-refractivity contribution in [1.29, 1.82) is 0 Å². The Labute approximate surface area is 130 Å². The molecule has 0 saturated carbocycles. The third-order valence-electron chi connectivity index (χ3n) is 2.90. The maximum Gasteiger partial charge on any atom is 0.268 e. The van der Waals surface area contributed by atoms with Crippen molar-refractivity contribution in [3.8, 4) is 22.6 Å². The van der Waals surface area contributed by atoms with Crippen molar-refractivity contribution in [3.05, 3.63) is 40.6 Å². The normalized spacial score (nSPS) is 10.8. The van der Waals surface area contributed by atoms with E-state index in [2.05, 4.69) is 20.9 Å². The fraction of sp³-hybridized carbons (Fsp3) is 0.267. The number of halogens is 3. The van der Waals surface area contributed by atoms with Crippen LogP contribution in [0.5, 0.6) is 11.5 Å². The maximum absolute atomic E-state index is 13.5. The highest BCUT2D eigenvalue weighted by Crippen LogP contribution is 2.43. The number of nitrogens with zero attached hydrogens (tertiary/aromatic N) is 1. The van der Waals surface area contributed by atoms with Crippen LogP contribution in [0.3, 0.4) is 0 Å². The minimum atomic E-state index is -2.68. The Morgan fingerprint density at radius 1 is 1.29 bits per heavy atom. The van der Waals surface area contributed by atoms with Crippen LogP contribution in [0.1, 0.15) is 18.9 Å². The van der Waals surface area contributed by atoms with Crippen LogP contribution in [0.4, 0.5) is 8.78 Å². The van der Waals surface area contributed by atoms with E-state index in [1.54, 1.807) is 31.3 Å². The minimum Gasteiger partial charge on any atom is -0.493 e. The lowest BCUT2D eigenvalue weighted by Crippen LogP contribution is -2.02. The lowest BCUT2D eigenvalue weighted by atomic mass is 10.00. The largest absolute Gasteiger partial charge is 0.493 e. The monoisotopic (exact) mass is 357 g/mol. The summed E-state index contributed by atoms with van der Waals surface area (Å²) in [7, 11) is 1.42. The number of hydrogen-bond donors (Lipinski definition) is 0. The van der Waals surface area contributed by atoms with Crippen molar-refractivity contribution in [1.82, 2.24) is 4.98 Å². The summed E-state index contributed by atoms with van der Waals surface area (Å²) in [5.74, 6) is 0.367. The molecule has 112 valence electrons. The number of methoxy groups -OCH3 is 1. The molecule has 2 aromatic rings. The highest BCUT2D eigenvalue weighted by Gasteiger charge is 2.24. The molecule has 0 atom stereocenters. The van der Waals surface area contributed by atoms with Crippen LogP contribution in [0, 0.1) is 0 Å². The topological polar surface area (TPSA) is 31.4 Å². The summed E-state index contributed by atoms with van der Waals surface area (Å²) in [5.41, 5.74) is 0.780. The van der Waals surface area contributed by atoms with Gasteiger partial charge in [-0.05, 0) is 46.6 Å². The lowest BCUT2D eigenvalue weighted by Gasteiger charge is -2.17. The minimum absolute atomic E-state index is 0.0764. The fourth-order valence-electron chi connectivity index (χ4n) is 2.06. The number of rotatable bonds is 5. The van der Waals surface area contributed by atoms with Gasteiger partial charge in [-0.25, -0.2) is 8.78 Å². The van der Waals surface area contributed by atoms with Crippen molar-refractivity contribution in [2.75, 3.05) is 13.7 Å². The van der Waals surface area contributed by atoms with Crippen molar-refractivity contribution < 1.29 is 18.3 Å². The van der Waals surface area contributed by atoms with Crippen molar-refractivity contribution in [2.45, 2.75) is 13.3 Å². The molecule has 1 heterocycles. The standard InChI is InChI=1S/C15H14BrF2NO2/c1-3-21-14-12(20-2)5-4-11(13(14)15(17)18)9-6-10(16)8-19-7-9/h4-8,15H,3H2,1-2H3. The molecule has 0 spiro atoms. The number of hydrogen-bond acceptors (Lipinski definition) is 3. The average Bonchev–Trinajstić information content (AvgIpc) is 2.46. The molecule has 0 amide bonds. The van der Waals surface area contributed by atoms with Crippen LogP contribution in [0.2, 0.25) is 0 Å². The quantitative estimate of drug-likeness (QED) is 0.765. The van der Waals surface area contributed by atoms with Crippen molar-refractivity contribution in [3.63, 3.8) is 0 Å². The van der Waals surface area contributed by atoms with E-state index < -0.39 is 6.43 Å². The highest BCUT2D eigenvalue weighted by atomic mass is 79.9. The summed E-state index contributed by atoms with van der Waals surface area (Å²) < 4.78 is 38.3. The van der Waals surface area contributed by atoms with Crippen LogP contribution in [-0.4, -0.2) is 18.7 Å². The van der Waals surface area contributed by atoms with Crippen LogP contribution >= 0.6 is 15.9 Å². The molecule has 0 aliphatic rings. The van der Waals surface area contributed by atoms with E-state index in [1.807, 2.05) is 0 Å². The first-order valence-corrected chi connectivity index (χ1v) is 7.10. The molecule has 0 unspecified atom stereocenters. The highest BCUT2D eigenvalue weighted by molar-refractivity contribution is 9.10. The van der Waals surface area contributed by atoms with Crippen molar-refractivity contribution >= 4 is 15.9 Å². The predicted molar refractivity (Wildman–Crippen MR) is 80.1 cm³/mol. The Hall–Kier alpha value is -1.69. The number of alkyl halides is 2. The molecule has 0 radical (unpaired) electrons. The summed E-state index contributed by atoms with van der Waals surface area (Å²) in [4.78, 5) is 4.02. The SMILES string of the molecule is CCOc1c(OC)ccc(-c2cncc(Br)c2)c1C(F)F. The van der Waals surface area contributed by atoms with E-state index in [9.17, 15) is 8.78 Å². The Balaban J connectivity index is 2.68. The second-order valence-corrected chi connectivity index (χ2v) is 5.10. The van der Waals surface area contributed by atoms with Crippen LogP contribution in [0.15, 0.2) is 35.1 Å². The van der Waals surface area contributed by atoms with Gasteiger partial charge in [0.25, 0.3) is 6.43 Å². The number of ether oxygens (including phenoxy) is 2. The summed E-state index contributed by atoms with van der Waals surface area (Å²) in [6, 6.07) is 4.94. The van der Waals surface area contributed by atoms with Gasteiger partial charge in [0.2, 0.25) is 0 Å². The molecule has 0 saturated heterocycles. The summed E-state index contributed by atoms with van der Waals surface area (Å²) in [6.07, 6.45) is 0.447. The van der Waals surface area contributed by atoms with Gasteiger partial charge in [0.05, 0.1) is 19.3 Å². The first-order chi connectivity index (χ1) is 10.1. The summed E-state index contributed by atoms with van der Waals surface area (Å²) in [6.45, 7) is 2.01. The smallest absolute Gasteiger partial charge is 0.268 e. The van der Waals surface area contributed by atoms with E-state index in [1.165, 1.54) is 13.3 Å². The maximum atomic E-state index is 13.5. The first-order valence-electron chi connectivity index (χ1n) is 6.31. The van der Waals surface area contributed by atoms with Gasteiger partial charge >= 0.3 is 0 Å². The second kappa shape index (κ2) is 6.85. The molecule has 2 rings (SSSR count). The predicted octanol–water partition coefficient (Wildman–Crippen LogP) is 4.86. The van der Waals surface area contributed by atoms with E-state index in [0.29, 0.717) is 21.3 Å². The number of aromatic nitrogens is 1. The molecule has 0 N–H and O–H groups in total. The Kier molecular flexibility index (Phi) is 5.12. The van der Waals surface area contributed by atoms with E-state index >= 15 is 0 Å².